The number of hydrogen-bond donors (Lipinski definition) is 1. The molecule has 1 aliphatic rings. The SMILES string of the molecule is CCCCC(=O)Nc1ccc2c(c1)CN(S(=O)(=O)CC)CC2. The first-order chi connectivity index (χ1) is 10.5. The first-order valence-electron chi connectivity index (χ1n) is 7.85. The number of nitrogens with zero attached hydrogens (tertiary/aromatic N) is 1. The van der Waals surface area contributed by atoms with E-state index >= 15 is 0 Å². The fourth-order valence-electron chi connectivity index (χ4n) is 2.59. The van der Waals surface area contributed by atoms with Gasteiger partial charge in [-0.15, -0.1) is 0 Å². The summed E-state index contributed by atoms with van der Waals surface area (Å²) in [6.45, 7) is 4.64. The molecule has 0 bridgehead atoms. The van der Waals surface area contributed by atoms with Crippen LogP contribution in [0.2, 0.25) is 0 Å². The van der Waals surface area contributed by atoms with Crippen LogP contribution in [-0.4, -0.2) is 30.9 Å². The van der Waals surface area contributed by atoms with Gasteiger partial charge in [0.05, 0.1) is 5.75 Å². The summed E-state index contributed by atoms with van der Waals surface area (Å²) >= 11 is 0. The van der Waals surface area contributed by atoms with Gasteiger partial charge in [-0.1, -0.05) is 19.4 Å². The number of carbonyl (C=O) groups excluding carboxylic acids is 1. The summed E-state index contributed by atoms with van der Waals surface area (Å²) in [5.74, 6) is 0.131. The van der Waals surface area contributed by atoms with Crippen molar-refractivity contribution in [3.8, 4) is 0 Å². The molecule has 122 valence electrons. The van der Waals surface area contributed by atoms with Crippen molar-refractivity contribution in [3.63, 3.8) is 0 Å². The summed E-state index contributed by atoms with van der Waals surface area (Å²) in [7, 11) is -3.17. The number of anilines is 1. The van der Waals surface area contributed by atoms with Gasteiger partial charge >= 0.3 is 0 Å². The zero-order valence-corrected chi connectivity index (χ0v) is 14.1. The Morgan fingerprint density at radius 3 is 2.73 bits per heavy atom. The molecule has 1 aromatic carbocycles. The highest BCUT2D eigenvalue weighted by molar-refractivity contribution is 7.89. The van der Waals surface area contributed by atoms with Crippen LogP contribution in [-0.2, 0) is 27.8 Å². The van der Waals surface area contributed by atoms with Crippen molar-refractivity contribution in [1.82, 2.24) is 4.31 Å². The molecule has 1 aliphatic heterocycles. The molecule has 0 spiro atoms. The van der Waals surface area contributed by atoms with E-state index in [9.17, 15) is 13.2 Å². The molecule has 1 amide bonds. The second-order valence-electron chi connectivity index (χ2n) is 5.62. The Morgan fingerprint density at radius 2 is 2.05 bits per heavy atom. The van der Waals surface area contributed by atoms with Crippen molar-refractivity contribution < 1.29 is 13.2 Å². The fraction of sp³-hybridized carbons (Fsp3) is 0.562. The molecular weight excluding hydrogens is 300 g/mol. The number of hydrogen-bond acceptors (Lipinski definition) is 3. The molecule has 0 unspecified atom stereocenters. The molecule has 5 nitrogen and oxygen atoms in total. The minimum atomic E-state index is -3.17. The lowest BCUT2D eigenvalue weighted by Crippen LogP contribution is -2.36. The third-order valence-electron chi connectivity index (χ3n) is 3.98. The van der Waals surface area contributed by atoms with Crippen LogP contribution in [0.1, 0.15) is 44.2 Å². The molecule has 0 saturated heterocycles. The van der Waals surface area contributed by atoms with E-state index in [1.807, 2.05) is 18.2 Å². The van der Waals surface area contributed by atoms with Gasteiger partial charge in [-0.05, 0) is 43.0 Å². The van der Waals surface area contributed by atoms with Gasteiger partial charge in [0.25, 0.3) is 0 Å². The minimum absolute atomic E-state index is 0.00986. The van der Waals surface area contributed by atoms with Crippen molar-refractivity contribution in [1.29, 1.82) is 0 Å². The van der Waals surface area contributed by atoms with Gasteiger partial charge in [-0.2, -0.15) is 4.31 Å². The summed E-state index contributed by atoms with van der Waals surface area (Å²) in [5, 5.41) is 2.89. The second-order valence-corrected chi connectivity index (χ2v) is 7.88. The summed E-state index contributed by atoms with van der Waals surface area (Å²) in [5.41, 5.74) is 2.89. The maximum atomic E-state index is 12.0. The van der Waals surface area contributed by atoms with Gasteiger partial charge < -0.3 is 5.32 Å². The maximum Gasteiger partial charge on any atom is 0.224 e. The molecule has 0 aliphatic carbocycles. The van der Waals surface area contributed by atoms with Crippen molar-refractivity contribution in [2.24, 2.45) is 0 Å². The van der Waals surface area contributed by atoms with Crippen LogP contribution in [0.3, 0.4) is 0 Å². The van der Waals surface area contributed by atoms with Crippen LogP contribution in [0.15, 0.2) is 18.2 Å². The number of nitrogens with one attached hydrogen (secondary N) is 1. The highest BCUT2D eigenvalue weighted by Gasteiger charge is 2.25. The van der Waals surface area contributed by atoms with Crippen molar-refractivity contribution in [2.45, 2.75) is 46.1 Å². The number of rotatable bonds is 6. The lowest BCUT2D eigenvalue weighted by molar-refractivity contribution is -0.116. The Hall–Kier alpha value is -1.40. The summed E-state index contributed by atoms with van der Waals surface area (Å²) in [6, 6.07) is 5.78. The average molecular weight is 324 g/mol. The van der Waals surface area contributed by atoms with Crippen molar-refractivity contribution >= 4 is 21.6 Å². The monoisotopic (exact) mass is 324 g/mol. The van der Waals surface area contributed by atoms with Gasteiger partial charge in [0.15, 0.2) is 0 Å². The first-order valence-corrected chi connectivity index (χ1v) is 9.46. The van der Waals surface area contributed by atoms with E-state index in [0.717, 1.165) is 36.1 Å². The Morgan fingerprint density at radius 1 is 1.27 bits per heavy atom. The third kappa shape index (κ3) is 4.08. The molecule has 0 saturated carbocycles. The van der Waals surface area contributed by atoms with Gasteiger partial charge in [0, 0.05) is 25.2 Å². The highest BCUT2D eigenvalue weighted by Crippen LogP contribution is 2.24. The summed E-state index contributed by atoms with van der Waals surface area (Å²) in [4.78, 5) is 11.8. The van der Waals surface area contributed by atoms with Gasteiger partial charge in [0.2, 0.25) is 15.9 Å². The number of amides is 1. The third-order valence-corrected chi connectivity index (χ3v) is 5.81. The van der Waals surface area contributed by atoms with Crippen LogP contribution < -0.4 is 5.32 Å². The van der Waals surface area contributed by atoms with Crippen molar-refractivity contribution in [3.05, 3.63) is 29.3 Å². The van der Waals surface area contributed by atoms with Crippen LogP contribution in [0.4, 0.5) is 5.69 Å². The minimum Gasteiger partial charge on any atom is -0.326 e. The van der Waals surface area contributed by atoms with Crippen LogP contribution in [0, 0.1) is 0 Å². The zero-order valence-electron chi connectivity index (χ0n) is 13.3. The molecule has 0 fully saturated rings. The van der Waals surface area contributed by atoms with E-state index < -0.39 is 10.0 Å². The largest absolute Gasteiger partial charge is 0.326 e. The van der Waals surface area contributed by atoms with E-state index in [2.05, 4.69) is 12.2 Å². The summed E-state index contributed by atoms with van der Waals surface area (Å²) < 4.78 is 25.5. The normalized spacial score (nSPS) is 15.4. The number of carbonyl (C=O) groups is 1. The number of sulfonamides is 1. The van der Waals surface area contributed by atoms with E-state index in [-0.39, 0.29) is 11.7 Å². The molecule has 2 rings (SSSR count). The summed E-state index contributed by atoms with van der Waals surface area (Å²) in [6.07, 6.45) is 3.10. The van der Waals surface area contributed by atoms with E-state index in [1.54, 1.807) is 6.92 Å². The standard InChI is InChI=1S/C16H24N2O3S/c1-3-5-6-16(19)17-15-8-7-13-9-10-18(12-14(13)11-15)22(20,21)4-2/h7-8,11H,3-6,9-10,12H2,1-2H3,(H,17,19). The molecule has 6 heteroatoms. The topological polar surface area (TPSA) is 66.5 Å². The van der Waals surface area contributed by atoms with Gasteiger partial charge in [-0.3, -0.25) is 4.79 Å². The van der Waals surface area contributed by atoms with E-state index in [1.165, 1.54) is 4.31 Å². The Kier molecular flexibility index (Phi) is 5.58. The fourth-order valence-corrected chi connectivity index (χ4v) is 3.66. The van der Waals surface area contributed by atoms with Crippen LogP contribution in [0.5, 0.6) is 0 Å². The molecule has 1 N–H and O–H groups in total. The lowest BCUT2D eigenvalue weighted by Gasteiger charge is -2.28. The molecule has 0 aromatic heterocycles. The predicted molar refractivity (Wildman–Crippen MR) is 88.2 cm³/mol. The molecule has 22 heavy (non-hydrogen) atoms. The zero-order chi connectivity index (χ0) is 16.2. The van der Waals surface area contributed by atoms with Crippen molar-refractivity contribution in [2.75, 3.05) is 17.6 Å². The van der Waals surface area contributed by atoms with E-state index in [0.29, 0.717) is 19.5 Å². The highest BCUT2D eigenvalue weighted by atomic mass is 32.2. The maximum absolute atomic E-state index is 12.0. The molecule has 1 aromatic rings. The molecular formula is C16H24N2O3S. The Bertz CT molecular complexity index is 641. The Labute approximate surface area is 132 Å². The van der Waals surface area contributed by atoms with Gasteiger partial charge in [0.1, 0.15) is 0 Å². The van der Waals surface area contributed by atoms with Crippen LogP contribution in [0.25, 0.3) is 0 Å². The average Bonchev–Trinajstić information content (AvgIpc) is 2.52. The number of benzene rings is 1. The number of fused-ring (bicyclic) bond motifs is 1. The molecule has 0 radical (unpaired) electrons. The number of unbranched alkanes of at least 4 members (excludes halogenated alkanes) is 1. The van der Waals surface area contributed by atoms with E-state index in [4.69, 9.17) is 0 Å². The second kappa shape index (κ2) is 7.24. The van der Waals surface area contributed by atoms with Gasteiger partial charge in [-0.25, -0.2) is 8.42 Å². The van der Waals surface area contributed by atoms with Crippen LogP contribution >= 0.6 is 0 Å². The molecule has 1 heterocycles. The first kappa shape index (κ1) is 17.0. The Balaban J connectivity index is 2.11. The predicted octanol–water partition coefficient (Wildman–Crippen LogP) is 2.52. The lowest BCUT2D eigenvalue weighted by atomic mass is 10.0. The molecule has 0 atom stereocenters. The smallest absolute Gasteiger partial charge is 0.224 e. The quantitative estimate of drug-likeness (QED) is 0.874.